The van der Waals surface area contributed by atoms with Gasteiger partial charge in [-0.3, -0.25) is 24.0 Å². The van der Waals surface area contributed by atoms with Crippen LogP contribution in [0.1, 0.15) is 13.3 Å². The molecule has 0 saturated carbocycles. The average molecular weight is 410 g/mol. The fourth-order valence-electron chi connectivity index (χ4n) is 2.78. The van der Waals surface area contributed by atoms with E-state index in [0.717, 1.165) is 13.1 Å². The van der Waals surface area contributed by atoms with Gasteiger partial charge in [-0.1, -0.05) is 6.92 Å². The molecule has 0 unspecified atom stereocenters. The van der Waals surface area contributed by atoms with Gasteiger partial charge >= 0.3 is 5.69 Å². The molecule has 1 fully saturated rings. The SMILES string of the molecule is CCCn1c(N)c(N(CCN2CCOCC2)C(=O)CCl)c(=O)[nH]c1=O.Cl. The maximum Gasteiger partial charge on any atom is 0.330 e. The van der Waals surface area contributed by atoms with E-state index in [1.165, 1.54) is 9.47 Å². The highest BCUT2D eigenvalue weighted by Gasteiger charge is 2.24. The third-order valence-electron chi connectivity index (χ3n) is 4.09. The molecule has 0 radical (unpaired) electrons. The van der Waals surface area contributed by atoms with Crippen LogP contribution in [0, 0.1) is 0 Å². The highest BCUT2D eigenvalue weighted by molar-refractivity contribution is 6.29. The van der Waals surface area contributed by atoms with Crippen molar-refractivity contribution in [1.82, 2.24) is 14.5 Å². The van der Waals surface area contributed by atoms with E-state index in [1.807, 2.05) is 6.92 Å². The molecule has 2 heterocycles. The second-order valence-corrected chi connectivity index (χ2v) is 6.05. The van der Waals surface area contributed by atoms with Crippen LogP contribution in [-0.4, -0.2) is 65.6 Å². The number of nitrogen functional groups attached to an aromatic ring is 1. The molecule has 2 rings (SSSR count). The van der Waals surface area contributed by atoms with Crippen LogP contribution >= 0.6 is 24.0 Å². The predicted octanol–water partition coefficient (Wildman–Crippen LogP) is -0.145. The standard InChI is InChI=1S/C15H24ClN5O4.ClH/c1-2-3-21-13(17)12(14(23)18-15(21)24)20(11(22)10-16)5-4-19-6-8-25-9-7-19;/h2-10,17H2,1H3,(H,18,23,24);1H. The number of nitrogens with two attached hydrogens (primary N) is 1. The number of hydrogen-bond acceptors (Lipinski definition) is 6. The Kier molecular flexibility index (Phi) is 9.14. The van der Waals surface area contributed by atoms with Gasteiger partial charge in [0.2, 0.25) is 5.91 Å². The Bertz CT molecular complexity index is 715. The molecule has 1 saturated heterocycles. The van der Waals surface area contributed by atoms with Crippen molar-refractivity contribution in [1.29, 1.82) is 0 Å². The molecule has 0 aliphatic carbocycles. The molecule has 1 aliphatic rings. The van der Waals surface area contributed by atoms with E-state index >= 15 is 0 Å². The van der Waals surface area contributed by atoms with Gasteiger partial charge in [-0.05, 0) is 6.42 Å². The maximum absolute atomic E-state index is 12.3. The highest BCUT2D eigenvalue weighted by atomic mass is 35.5. The normalized spacial score (nSPS) is 14.7. The fraction of sp³-hybridized carbons (Fsp3) is 0.667. The molecule has 11 heteroatoms. The number of rotatable bonds is 7. The number of morpholine rings is 1. The van der Waals surface area contributed by atoms with Gasteiger partial charge in [-0.2, -0.15) is 0 Å². The number of H-pyrrole nitrogens is 1. The van der Waals surface area contributed by atoms with Crippen molar-refractivity contribution in [2.24, 2.45) is 0 Å². The largest absolute Gasteiger partial charge is 0.383 e. The lowest BCUT2D eigenvalue weighted by molar-refractivity contribution is -0.116. The number of aromatic nitrogens is 2. The van der Waals surface area contributed by atoms with Crippen molar-refractivity contribution in [2.45, 2.75) is 19.9 Å². The van der Waals surface area contributed by atoms with E-state index in [-0.39, 0.29) is 36.3 Å². The van der Waals surface area contributed by atoms with E-state index < -0.39 is 17.2 Å². The molecule has 1 aliphatic heterocycles. The molecule has 1 aromatic heterocycles. The van der Waals surface area contributed by atoms with Gasteiger partial charge in [0.1, 0.15) is 11.7 Å². The zero-order valence-corrected chi connectivity index (χ0v) is 16.3. The summed E-state index contributed by atoms with van der Waals surface area (Å²) in [6.45, 7) is 5.81. The summed E-state index contributed by atoms with van der Waals surface area (Å²) in [5, 5.41) is 0. The second-order valence-electron chi connectivity index (χ2n) is 5.78. The first-order valence-electron chi connectivity index (χ1n) is 8.28. The summed E-state index contributed by atoms with van der Waals surface area (Å²) in [4.78, 5) is 42.2. The lowest BCUT2D eigenvalue weighted by Gasteiger charge is -2.30. The number of aromatic amines is 1. The summed E-state index contributed by atoms with van der Waals surface area (Å²) < 4.78 is 6.56. The second kappa shape index (κ2) is 10.6. The molecular formula is C15H25Cl2N5O4. The van der Waals surface area contributed by atoms with Crippen molar-refractivity contribution in [2.75, 3.05) is 55.9 Å². The Hall–Kier alpha value is -1.55. The summed E-state index contributed by atoms with van der Waals surface area (Å²) in [6.07, 6.45) is 0.660. The fourth-order valence-corrected chi connectivity index (χ4v) is 2.93. The number of halogens is 2. The summed E-state index contributed by atoms with van der Waals surface area (Å²) in [5.74, 6) is -0.737. The third-order valence-corrected chi connectivity index (χ3v) is 4.32. The molecular weight excluding hydrogens is 385 g/mol. The van der Waals surface area contributed by atoms with E-state index in [4.69, 9.17) is 22.1 Å². The highest BCUT2D eigenvalue weighted by Crippen LogP contribution is 2.17. The first-order chi connectivity index (χ1) is 12.0. The zero-order valence-electron chi connectivity index (χ0n) is 14.7. The summed E-state index contributed by atoms with van der Waals surface area (Å²) in [6, 6.07) is 0. The molecule has 3 N–H and O–H groups in total. The number of carbonyl (C=O) groups excluding carboxylic acids is 1. The summed E-state index contributed by atoms with van der Waals surface area (Å²) in [7, 11) is 0. The van der Waals surface area contributed by atoms with Crippen LogP contribution < -0.4 is 21.9 Å². The Balaban J connectivity index is 0.00000338. The molecule has 0 aromatic carbocycles. The average Bonchev–Trinajstić information content (AvgIpc) is 2.61. The van der Waals surface area contributed by atoms with Crippen molar-refractivity contribution >= 4 is 41.4 Å². The third kappa shape index (κ3) is 5.23. The maximum atomic E-state index is 12.3. The number of nitrogens with one attached hydrogen (secondary N) is 1. The lowest BCUT2D eigenvalue weighted by Crippen LogP contribution is -2.46. The van der Waals surface area contributed by atoms with Gasteiger partial charge < -0.3 is 15.4 Å². The number of ether oxygens (including phenoxy) is 1. The monoisotopic (exact) mass is 409 g/mol. The zero-order chi connectivity index (χ0) is 18.4. The molecule has 0 spiro atoms. The summed E-state index contributed by atoms with van der Waals surface area (Å²) >= 11 is 5.71. The molecule has 0 bridgehead atoms. The number of amides is 1. The minimum Gasteiger partial charge on any atom is -0.383 e. The van der Waals surface area contributed by atoms with Crippen LogP contribution in [0.3, 0.4) is 0 Å². The van der Waals surface area contributed by atoms with E-state index in [1.54, 1.807) is 0 Å². The van der Waals surface area contributed by atoms with Crippen LogP contribution in [0.4, 0.5) is 11.5 Å². The van der Waals surface area contributed by atoms with Gasteiger partial charge in [-0.15, -0.1) is 24.0 Å². The molecule has 148 valence electrons. The first kappa shape index (κ1) is 22.5. The van der Waals surface area contributed by atoms with Gasteiger partial charge in [0, 0.05) is 32.7 Å². The number of carbonyl (C=O) groups is 1. The Morgan fingerprint density at radius 1 is 1.31 bits per heavy atom. The Morgan fingerprint density at radius 3 is 2.54 bits per heavy atom. The van der Waals surface area contributed by atoms with Crippen LogP contribution in [-0.2, 0) is 16.1 Å². The van der Waals surface area contributed by atoms with Crippen LogP contribution in [0.2, 0.25) is 0 Å². The summed E-state index contributed by atoms with van der Waals surface area (Å²) in [5.41, 5.74) is 4.76. The number of nitrogens with zero attached hydrogens (tertiary/aromatic N) is 3. The smallest absolute Gasteiger partial charge is 0.330 e. The Morgan fingerprint density at radius 2 is 1.96 bits per heavy atom. The van der Waals surface area contributed by atoms with Gasteiger partial charge in [0.25, 0.3) is 5.56 Å². The van der Waals surface area contributed by atoms with E-state index in [0.29, 0.717) is 32.7 Å². The quantitative estimate of drug-likeness (QED) is 0.605. The van der Waals surface area contributed by atoms with Crippen molar-refractivity contribution in [3.63, 3.8) is 0 Å². The minimum atomic E-state index is -0.685. The van der Waals surface area contributed by atoms with E-state index in [9.17, 15) is 14.4 Å². The van der Waals surface area contributed by atoms with Gasteiger partial charge in [0.15, 0.2) is 5.69 Å². The van der Waals surface area contributed by atoms with Crippen molar-refractivity contribution < 1.29 is 9.53 Å². The number of hydrogen-bond donors (Lipinski definition) is 2. The van der Waals surface area contributed by atoms with E-state index in [2.05, 4.69) is 9.88 Å². The van der Waals surface area contributed by atoms with Crippen LogP contribution in [0.5, 0.6) is 0 Å². The molecule has 26 heavy (non-hydrogen) atoms. The molecule has 1 aromatic rings. The molecule has 0 atom stereocenters. The van der Waals surface area contributed by atoms with Crippen molar-refractivity contribution in [3.8, 4) is 0 Å². The van der Waals surface area contributed by atoms with Crippen LogP contribution in [0.25, 0.3) is 0 Å². The minimum absolute atomic E-state index is 0. The van der Waals surface area contributed by atoms with Gasteiger partial charge in [-0.25, -0.2) is 4.79 Å². The van der Waals surface area contributed by atoms with Crippen LogP contribution in [0.15, 0.2) is 9.59 Å². The number of anilines is 2. The lowest BCUT2D eigenvalue weighted by atomic mass is 10.3. The van der Waals surface area contributed by atoms with Crippen molar-refractivity contribution in [3.05, 3.63) is 20.8 Å². The predicted molar refractivity (Wildman–Crippen MR) is 104 cm³/mol. The Labute approximate surface area is 162 Å². The molecule has 1 amide bonds. The molecule has 9 nitrogen and oxygen atoms in total. The number of alkyl halides is 1. The van der Waals surface area contributed by atoms with Gasteiger partial charge in [0.05, 0.1) is 13.2 Å². The first-order valence-corrected chi connectivity index (χ1v) is 8.82. The topological polar surface area (TPSA) is 114 Å².